The molecule has 0 aliphatic carbocycles. The average Bonchev–Trinajstić information content (AvgIpc) is 2.16. The molecule has 0 rings (SSSR count). The molecule has 86 valence electrons. The van der Waals surface area contributed by atoms with Gasteiger partial charge in [-0.2, -0.15) is 0 Å². The van der Waals surface area contributed by atoms with Crippen LogP contribution >= 0.6 is 0 Å². The fourth-order valence-electron chi connectivity index (χ4n) is 0.923. The zero-order chi connectivity index (χ0) is 11.2. The number of esters is 1. The summed E-state index contributed by atoms with van der Waals surface area (Å²) in [4.78, 5) is 9.98. The molecule has 0 fully saturated rings. The zero-order valence-corrected chi connectivity index (χ0v) is 10.3. The minimum Gasteiger partial charge on any atom is -0.466 e. The van der Waals surface area contributed by atoms with Gasteiger partial charge < -0.3 is 4.74 Å². The number of hydrogen-bond acceptors (Lipinski definition) is 2. The summed E-state index contributed by atoms with van der Waals surface area (Å²) in [5.41, 5.74) is 0. The van der Waals surface area contributed by atoms with Crippen molar-refractivity contribution in [3.63, 3.8) is 0 Å². The van der Waals surface area contributed by atoms with E-state index in [9.17, 15) is 4.79 Å². The van der Waals surface area contributed by atoms with Crippen LogP contribution in [0.2, 0.25) is 0 Å². The van der Waals surface area contributed by atoms with Gasteiger partial charge in [0.1, 0.15) is 0 Å². The van der Waals surface area contributed by atoms with Gasteiger partial charge in [0.05, 0.1) is 6.61 Å². The van der Waals surface area contributed by atoms with E-state index < -0.39 is 0 Å². The molecule has 14 heavy (non-hydrogen) atoms. The van der Waals surface area contributed by atoms with Gasteiger partial charge in [-0.1, -0.05) is 52.9 Å². The molecule has 0 bridgehead atoms. The molecule has 0 aliphatic rings. The van der Waals surface area contributed by atoms with Crippen molar-refractivity contribution in [3.05, 3.63) is 0 Å². The van der Waals surface area contributed by atoms with Crippen LogP contribution in [-0.4, -0.2) is 12.6 Å². The zero-order valence-electron chi connectivity index (χ0n) is 10.3. The van der Waals surface area contributed by atoms with Crippen molar-refractivity contribution in [2.24, 2.45) is 0 Å². The predicted molar refractivity (Wildman–Crippen MR) is 61.4 cm³/mol. The summed E-state index contributed by atoms with van der Waals surface area (Å²) in [6.45, 7) is 8.42. The number of ether oxygens (including phenoxy) is 1. The van der Waals surface area contributed by atoms with Gasteiger partial charge in [-0.15, -0.1) is 0 Å². The van der Waals surface area contributed by atoms with Gasteiger partial charge in [-0.3, -0.25) is 4.79 Å². The van der Waals surface area contributed by atoms with Gasteiger partial charge in [0.15, 0.2) is 0 Å². The Bertz CT molecular complexity index is 107. The topological polar surface area (TPSA) is 26.3 Å². The highest BCUT2D eigenvalue weighted by atomic mass is 16.5. The third kappa shape index (κ3) is 22.5. The van der Waals surface area contributed by atoms with E-state index in [-0.39, 0.29) is 5.97 Å². The van der Waals surface area contributed by atoms with Gasteiger partial charge >= 0.3 is 5.97 Å². The smallest absolute Gasteiger partial charge is 0.302 e. The first-order chi connectivity index (χ1) is 6.68. The molecule has 0 unspecified atom stereocenters. The van der Waals surface area contributed by atoms with Crippen LogP contribution in [-0.2, 0) is 9.53 Å². The second-order valence-corrected chi connectivity index (χ2v) is 3.40. The van der Waals surface area contributed by atoms with Crippen LogP contribution in [0.15, 0.2) is 0 Å². The van der Waals surface area contributed by atoms with Crippen LogP contribution < -0.4 is 0 Å². The molecule has 0 atom stereocenters. The number of unbranched alkanes of at least 4 members (excludes halogenated alkanes) is 4. The second-order valence-electron chi connectivity index (χ2n) is 3.40. The molecule has 0 heterocycles. The van der Waals surface area contributed by atoms with E-state index >= 15 is 0 Å². The molecule has 0 aromatic carbocycles. The number of carbonyl (C=O) groups is 1. The van der Waals surface area contributed by atoms with Gasteiger partial charge in [0.25, 0.3) is 0 Å². The summed E-state index contributed by atoms with van der Waals surface area (Å²) in [7, 11) is 0. The molecule has 0 N–H and O–H groups in total. The van der Waals surface area contributed by atoms with E-state index in [2.05, 4.69) is 18.6 Å². The SMILES string of the molecule is CCCCCCC.CCCOC(C)=O. The van der Waals surface area contributed by atoms with Crippen molar-refractivity contribution in [3.8, 4) is 0 Å². The third-order valence-electron chi connectivity index (χ3n) is 1.72. The van der Waals surface area contributed by atoms with Crippen molar-refractivity contribution in [2.75, 3.05) is 6.61 Å². The second kappa shape index (κ2) is 15.0. The third-order valence-corrected chi connectivity index (χ3v) is 1.72. The monoisotopic (exact) mass is 202 g/mol. The quantitative estimate of drug-likeness (QED) is 0.482. The largest absolute Gasteiger partial charge is 0.466 e. The van der Waals surface area contributed by atoms with E-state index in [1.807, 2.05) is 6.92 Å². The molecule has 0 aromatic heterocycles. The van der Waals surface area contributed by atoms with E-state index in [0.717, 1.165) is 6.42 Å². The standard InChI is InChI=1S/C7H16.C5H10O2/c1-3-5-7-6-4-2;1-3-4-7-5(2)6/h3-7H2,1-2H3;3-4H2,1-2H3. The lowest BCUT2D eigenvalue weighted by atomic mass is 10.2. The molecule has 0 aromatic rings. The van der Waals surface area contributed by atoms with Crippen LogP contribution in [0.1, 0.15) is 66.2 Å². The minimum atomic E-state index is -0.193. The lowest BCUT2D eigenvalue weighted by Crippen LogP contribution is -1.98. The Balaban J connectivity index is 0. The lowest BCUT2D eigenvalue weighted by Gasteiger charge is -1.93. The normalized spacial score (nSPS) is 8.86. The first kappa shape index (κ1) is 15.9. The van der Waals surface area contributed by atoms with Crippen LogP contribution in [0.4, 0.5) is 0 Å². The maximum atomic E-state index is 9.98. The van der Waals surface area contributed by atoms with Crippen molar-refractivity contribution in [2.45, 2.75) is 66.2 Å². The van der Waals surface area contributed by atoms with Crippen molar-refractivity contribution >= 4 is 5.97 Å². The summed E-state index contributed by atoms with van der Waals surface area (Å²) in [6, 6.07) is 0. The molecular formula is C12H26O2. The molecule has 0 saturated heterocycles. The van der Waals surface area contributed by atoms with E-state index in [0.29, 0.717) is 6.61 Å². The highest BCUT2D eigenvalue weighted by Gasteiger charge is 1.85. The van der Waals surface area contributed by atoms with Gasteiger partial charge in [0, 0.05) is 6.92 Å². The molecule has 0 aliphatic heterocycles. The van der Waals surface area contributed by atoms with Crippen molar-refractivity contribution in [1.29, 1.82) is 0 Å². The van der Waals surface area contributed by atoms with Crippen LogP contribution in [0, 0.1) is 0 Å². The Hall–Kier alpha value is -0.530. The number of rotatable bonds is 6. The highest BCUT2D eigenvalue weighted by molar-refractivity contribution is 5.65. The Morgan fingerprint density at radius 1 is 0.929 bits per heavy atom. The summed E-state index contributed by atoms with van der Waals surface area (Å²) >= 11 is 0. The molecule has 2 nitrogen and oxygen atoms in total. The van der Waals surface area contributed by atoms with Gasteiger partial charge in [0.2, 0.25) is 0 Å². The van der Waals surface area contributed by atoms with Crippen LogP contribution in [0.5, 0.6) is 0 Å². The highest BCUT2D eigenvalue weighted by Crippen LogP contribution is 2.00. The molecular weight excluding hydrogens is 176 g/mol. The van der Waals surface area contributed by atoms with E-state index in [4.69, 9.17) is 0 Å². The Morgan fingerprint density at radius 2 is 1.43 bits per heavy atom. The van der Waals surface area contributed by atoms with Crippen molar-refractivity contribution < 1.29 is 9.53 Å². The Morgan fingerprint density at radius 3 is 1.64 bits per heavy atom. The lowest BCUT2D eigenvalue weighted by molar-refractivity contribution is -0.140. The maximum absolute atomic E-state index is 9.98. The van der Waals surface area contributed by atoms with Crippen molar-refractivity contribution in [1.82, 2.24) is 0 Å². The maximum Gasteiger partial charge on any atom is 0.302 e. The van der Waals surface area contributed by atoms with Gasteiger partial charge in [-0.25, -0.2) is 0 Å². The first-order valence-electron chi connectivity index (χ1n) is 5.82. The first-order valence-corrected chi connectivity index (χ1v) is 5.82. The van der Waals surface area contributed by atoms with Gasteiger partial charge in [-0.05, 0) is 6.42 Å². The van der Waals surface area contributed by atoms with E-state index in [1.54, 1.807) is 0 Å². The summed E-state index contributed by atoms with van der Waals surface area (Å²) in [5, 5.41) is 0. The fraction of sp³-hybridized carbons (Fsp3) is 0.917. The number of hydrogen-bond donors (Lipinski definition) is 0. The Labute approximate surface area is 89.0 Å². The number of carbonyl (C=O) groups excluding carboxylic acids is 1. The molecule has 0 spiro atoms. The minimum absolute atomic E-state index is 0.193. The molecule has 2 heteroatoms. The summed E-state index contributed by atoms with van der Waals surface area (Å²) in [6.07, 6.45) is 7.91. The molecule has 0 radical (unpaired) electrons. The summed E-state index contributed by atoms with van der Waals surface area (Å²) in [5.74, 6) is -0.193. The molecule has 0 saturated carbocycles. The Kier molecular flexibility index (Phi) is 17.0. The van der Waals surface area contributed by atoms with Crippen LogP contribution in [0.25, 0.3) is 0 Å². The average molecular weight is 202 g/mol. The summed E-state index contributed by atoms with van der Waals surface area (Å²) < 4.78 is 4.55. The fourth-order valence-corrected chi connectivity index (χ4v) is 0.923. The molecule has 0 amide bonds. The van der Waals surface area contributed by atoms with E-state index in [1.165, 1.54) is 39.0 Å². The van der Waals surface area contributed by atoms with Crippen LogP contribution in [0.3, 0.4) is 0 Å². The predicted octanol–water partition coefficient (Wildman–Crippen LogP) is 3.94.